The van der Waals surface area contributed by atoms with Crippen molar-refractivity contribution in [2.75, 3.05) is 0 Å². The number of allylic oxidation sites excluding steroid dienone is 2. The maximum Gasteiger partial charge on any atom is -1.00 e. The molecular formula is C25H32Cl2Si2Zr. The zero-order chi connectivity index (χ0) is 20.3. The second-order valence-corrected chi connectivity index (χ2v) is 26.2. The average Bonchev–Trinajstić information content (AvgIpc) is 3.19. The second kappa shape index (κ2) is 9.28. The summed E-state index contributed by atoms with van der Waals surface area (Å²) in [4.78, 5) is 0. The molecule has 0 nitrogen and oxygen atoms in total. The zero-order valence-corrected chi connectivity index (χ0v) is 24.9. The molecule has 0 heterocycles. The molecule has 0 bridgehead atoms. The first-order chi connectivity index (χ1) is 13.1. The van der Waals surface area contributed by atoms with Crippen LogP contribution in [0.4, 0.5) is 0 Å². The summed E-state index contributed by atoms with van der Waals surface area (Å²) >= 11 is -2.14. The number of hydrogen-bond acceptors (Lipinski definition) is 0. The van der Waals surface area contributed by atoms with Gasteiger partial charge in [-0.3, -0.25) is 0 Å². The monoisotopic (exact) mass is 548 g/mol. The first-order valence-corrected chi connectivity index (χ1v) is 22.0. The normalized spacial score (nSPS) is 19.4. The van der Waals surface area contributed by atoms with Crippen LogP contribution in [0.3, 0.4) is 0 Å². The second-order valence-electron chi connectivity index (χ2n) is 10.4. The van der Waals surface area contributed by atoms with Crippen LogP contribution >= 0.6 is 0 Å². The predicted octanol–water partition coefficient (Wildman–Crippen LogP) is 1.08. The molecule has 0 N–H and O–H groups in total. The Hall–Kier alpha value is -0.313. The molecule has 158 valence electrons. The summed E-state index contributed by atoms with van der Waals surface area (Å²) in [5.74, 6) is 0. The van der Waals surface area contributed by atoms with Gasteiger partial charge in [0.2, 0.25) is 0 Å². The minimum Gasteiger partial charge on any atom is -1.00 e. The summed E-state index contributed by atoms with van der Waals surface area (Å²) < 4.78 is 6.37. The van der Waals surface area contributed by atoms with Gasteiger partial charge >= 0.3 is 181 Å². The van der Waals surface area contributed by atoms with Gasteiger partial charge in [0, 0.05) is 0 Å². The Bertz CT molecular complexity index is 944. The number of fused-ring (bicyclic) bond motifs is 2. The van der Waals surface area contributed by atoms with E-state index in [4.69, 9.17) is 4.21 Å². The van der Waals surface area contributed by atoms with Crippen molar-refractivity contribution in [1.82, 2.24) is 0 Å². The van der Waals surface area contributed by atoms with Crippen LogP contribution in [0.5, 0.6) is 0 Å². The summed E-state index contributed by atoms with van der Waals surface area (Å²) in [5, 5.41) is 3.52. The molecule has 2 aliphatic rings. The molecule has 0 spiro atoms. The Morgan fingerprint density at radius 3 is 1.30 bits per heavy atom. The van der Waals surface area contributed by atoms with Crippen LogP contribution < -0.4 is 24.8 Å². The van der Waals surface area contributed by atoms with E-state index < -0.39 is 37.4 Å². The van der Waals surface area contributed by atoms with E-state index in [9.17, 15) is 0 Å². The van der Waals surface area contributed by atoms with E-state index in [0.717, 1.165) is 0 Å². The minimum absolute atomic E-state index is 0. The van der Waals surface area contributed by atoms with Gasteiger partial charge in [-0.1, -0.05) is 0 Å². The Kier molecular flexibility index (Phi) is 8.02. The Labute approximate surface area is 204 Å². The largest absolute Gasteiger partial charge is 1.00 e. The first-order valence-electron chi connectivity index (χ1n) is 10.4. The molecule has 0 aromatic heterocycles. The van der Waals surface area contributed by atoms with Gasteiger partial charge in [-0.2, -0.15) is 0 Å². The molecular weight excluding hydrogens is 519 g/mol. The van der Waals surface area contributed by atoms with E-state index in [1.807, 2.05) is 0 Å². The van der Waals surface area contributed by atoms with Crippen molar-refractivity contribution in [3.8, 4) is 0 Å². The van der Waals surface area contributed by atoms with Gasteiger partial charge in [-0.15, -0.1) is 0 Å². The van der Waals surface area contributed by atoms with E-state index in [-0.39, 0.29) is 24.8 Å². The molecule has 0 fully saturated rings. The molecule has 4 rings (SSSR count). The Balaban J connectivity index is 0.00000160. The van der Waals surface area contributed by atoms with Crippen LogP contribution in [0.15, 0.2) is 58.9 Å². The van der Waals surface area contributed by atoms with Crippen molar-refractivity contribution < 1.29 is 46.1 Å². The number of rotatable bonds is 4. The van der Waals surface area contributed by atoms with Crippen LogP contribution in [-0.4, -0.2) is 20.4 Å². The van der Waals surface area contributed by atoms with Gasteiger partial charge in [0.1, 0.15) is 0 Å². The average molecular weight is 551 g/mol. The maximum absolute atomic E-state index is 5.09. The third kappa shape index (κ3) is 4.57. The van der Waals surface area contributed by atoms with E-state index in [1.165, 1.54) is 11.1 Å². The van der Waals surface area contributed by atoms with E-state index in [2.05, 4.69) is 100.0 Å². The van der Waals surface area contributed by atoms with Gasteiger partial charge in [0.05, 0.1) is 0 Å². The standard InChI is InChI=1S/2C12H15Si.CH2.2ClH.Zr/c2*1-13(2,3)12-8-10-6-4-5-7-11(10)9-12;;;;/h2*4-9H,1-3H3;1H2;2*1H;/q;;;;;+2/p-2. The molecule has 2 aliphatic carbocycles. The molecule has 2 unspecified atom stereocenters. The minimum atomic E-state index is -2.14. The molecule has 5 heteroatoms. The van der Waals surface area contributed by atoms with Gasteiger partial charge in [0.25, 0.3) is 0 Å². The molecule has 0 aliphatic heterocycles. The van der Waals surface area contributed by atoms with Crippen LogP contribution in [0, 0.1) is 0 Å². The molecule has 0 saturated heterocycles. The maximum atomic E-state index is 5.09. The predicted molar refractivity (Wildman–Crippen MR) is 128 cm³/mol. The number of hydrogen-bond donors (Lipinski definition) is 0. The third-order valence-electron chi connectivity index (χ3n) is 6.33. The van der Waals surface area contributed by atoms with Crippen molar-refractivity contribution in [3.05, 3.63) is 81.2 Å². The van der Waals surface area contributed by atoms with Crippen LogP contribution in [0.1, 0.15) is 29.5 Å². The summed E-state index contributed by atoms with van der Waals surface area (Å²) in [7, 11) is -2.79. The Morgan fingerprint density at radius 1 is 0.633 bits per heavy atom. The number of halogens is 2. The molecule has 0 radical (unpaired) electrons. The third-order valence-corrected chi connectivity index (χ3v) is 18.8. The summed E-state index contributed by atoms with van der Waals surface area (Å²) in [6.45, 7) is 15.1. The molecule has 2 aromatic rings. The molecule has 2 aromatic carbocycles. The van der Waals surface area contributed by atoms with Crippen molar-refractivity contribution >= 4 is 32.5 Å². The fourth-order valence-corrected chi connectivity index (χ4v) is 23.2. The van der Waals surface area contributed by atoms with E-state index >= 15 is 0 Å². The zero-order valence-electron chi connectivity index (χ0n) is 18.9. The summed E-state index contributed by atoms with van der Waals surface area (Å²) in [5.41, 5.74) is 6.11. The topological polar surface area (TPSA) is 0 Å². The summed E-state index contributed by atoms with van der Waals surface area (Å²) in [6.07, 6.45) is 5.10. The van der Waals surface area contributed by atoms with Crippen molar-refractivity contribution in [3.63, 3.8) is 0 Å². The van der Waals surface area contributed by atoms with Crippen molar-refractivity contribution in [2.45, 2.75) is 46.5 Å². The van der Waals surface area contributed by atoms with Gasteiger partial charge in [-0.05, 0) is 0 Å². The van der Waals surface area contributed by atoms with Crippen LogP contribution in [0.25, 0.3) is 12.2 Å². The fourth-order valence-electron chi connectivity index (χ4n) is 4.91. The number of benzene rings is 2. The van der Waals surface area contributed by atoms with E-state index in [0.29, 0.717) is 7.25 Å². The van der Waals surface area contributed by atoms with Gasteiger partial charge in [-0.25, -0.2) is 0 Å². The molecule has 0 saturated carbocycles. The van der Waals surface area contributed by atoms with Gasteiger partial charge < -0.3 is 24.8 Å². The SMILES string of the molecule is [CH2]=[Zr+2]([CH]1C([Si](C)(C)C)=Cc2ccccc21)[CH]1C([Si](C)(C)C)=Cc2ccccc21.[Cl-].[Cl-]. The molecule has 30 heavy (non-hydrogen) atoms. The smallest absolute Gasteiger partial charge is 1.00 e. The fraction of sp³-hybridized carbons (Fsp3) is 0.320. The first kappa shape index (κ1) is 25.9. The van der Waals surface area contributed by atoms with E-state index in [1.54, 1.807) is 21.5 Å². The molecule has 0 amide bonds. The Morgan fingerprint density at radius 2 is 0.967 bits per heavy atom. The summed E-state index contributed by atoms with van der Waals surface area (Å²) in [6, 6.07) is 18.3. The van der Waals surface area contributed by atoms with Crippen molar-refractivity contribution in [2.24, 2.45) is 0 Å². The van der Waals surface area contributed by atoms with Crippen molar-refractivity contribution in [1.29, 1.82) is 0 Å². The van der Waals surface area contributed by atoms with Crippen LogP contribution in [-0.2, 0) is 21.3 Å². The van der Waals surface area contributed by atoms with Gasteiger partial charge in [0.15, 0.2) is 0 Å². The quantitative estimate of drug-likeness (QED) is 0.500. The molecule has 2 atom stereocenters. The van der Waals surface area contributed by atoms with Crippen LogP contribution in [0.2, 0.25) is 39.3 Å².